The maximum Gasteiger partial charge on any atom is 0.207 e. The van der Waals surface area contributed by atoms with E-state index in [1.807, 2.05) is 19.1 Å². The predicted molar refractivity (Wildman–Crippen MR) is 58.4 cm³/mol. The fourth-order valence-electron chi connectivity index (χ4n) is 1.06. The Morgan fingerprint density at radius 3 is 3.00 bits per heavy atom. The van der Waals surface area contributed by atoms with Crippen LogP contribution in [0.2, 0.25) is 0 Å². The van der Waals surface area contributed by atoms with Gasteiger partial charge in [-0.25, -0.2) is 0 Å². The molecule has 14 heavy (non-hydrogen) atoms. The molecule has 0 amide bonds. The number of halogens is 1. The smallest absolute Gasteiger partial charge is 0.207 e. The van der Waals surface area contributed by atoms with Crippen LogP contribution in [0, 0.1) is 0 Å². The molecule has 0 aliphatic carbocycles. The van der Waals surface area contributed by atoms with Gasteiger partial charge in [0, 0.05) is 0 Å². The van der Waals surface area contributed by atoms with Crippen LogP contribution in [0.5, 0.6) is 0 Å². The number of aromatic nitrogens is 2. The third kappa shape index (κ3) is 2.13. The molecular weight excluding hydrogens is 266 g/mol. The quantitative estimate of drug-likeness (QED) is 0.934. The number of nitrogens with zero attached hydrogens (tertiary/aromatic N) is 2. The summed E-state index contributed by atoms with van der Waals surface area (Å²) in [5.41, 5.74) is 0. The molecule has 2 rings (SSSR count). The van der Waals surface area contributed by atoms with Crippen molar-refractivity contribution in [2.75, 3.05) is 5.32 Å². The zero-order valence-corrected chi connectivity index (χ0v) is 9.80. The highest BCUT2D eigenvalue weighted by molar-refractivity contribution is 9.11. The van der Waals surface area contributed by atoms with Gasteiger partial charge in [-0.05, 0) is 35.0 Å². The molecule has 1 unspecified atom stereocenters. The second-order valence-corrected chi connectivity index (χ2v) is 5.00. The predicted octanol–water partition coefficient (Wildman–Crippen LogP) is 3.07. The molecule has 0 spiro atoms. The monoisotopic (exact) mass is 273 g/mol. The van der Waals surface area contributed by atoms with Gasteiger partial charge in [-0.2, -0.15) is 0 Å². The number of nitrogens with one attached hydrogen (secondary N) is 1. The molecule has 4 nitrogen and oxygen atoms in total. The number of anilines is 1. The first-order valence-corrected chi connectivity index (χ1v) is 5.65. The molecule has 0 saturated carbocycles. The molecule has 6 heteroatoms. The number of rotatable bonds is 3. The largest absolute Gasteiger partial charge is 0.467 e. The molecule has 0 fully saturated rings. The van der Waals surface area contributed by atoms with Crippen LogP contribution in [0.15, 0.2) is 26.7 Å². The first-order valence-electron chi connectivity index (χ1n) is 4.04. The maximum atomic E-state index is 5.26. The zero-order chi connectivity index (χ0) is 9.97. The summed E-state index contributed by atoms with van der Waals surface area (Å²) in [7, 11) is 0. The van der Waals surface area contributed by atoms with Crippen molar-refractivity contribution < 1.29 is 4.42 Å². The van der Waals surface area contributed by atoms with Crippen LogP contribution >= 0.6 is 27.3 Å². The lowest BCUT2D eigenvalue weighted by atomic mass is 10.3. The summed E-state index contributed by atoms with van der Waals surface area (Å²) in [5, 5.41) is 11.7. The van der Waals surface area contributed by atoms with E-state index >= 15 is 0 Å². The molecule has 74 valence electrons. The Labute approximate surface area is 93.5 Å². The summed E-state index contributed by atoms with van der Waals surface area (Å²) in [5.74, 6) is 0.885. The zero-order valence-electron chi connectivity index (χ0n) is 7.40. The first-order chi connectivity index (χ1) is 6.75. The van der Waals surface area contributed by atoms with Crippen LogP contribution < -0.4 is 5.32 Å². The first kappa shape index (κ1) is 9.67. The average molecular weight is 274 g/mol. The molecule has 1 N–H and O–H groups in total. The van der Waals surface area contributed by atoms with E-state index in [4.69, 9.17) is 4.42 Å². The summed E-state index contributed by atoms with van der Waals surface area (Å²) in [6.45, 7) is 2.01. The van der Waals surface area contributed by atoms with Gasteiger partial charge in [0.1, 0.15) is 5.76 Å². The van der Waals surface area contributed by atoms with Crippen molar-refractivity contribution in [1.29, 1.82) is 0 Å². The molecule has 2 aromatic heterocycles. The Morgan fingerprint density at radius 2 is 2.43 bits per heavy atom. The van der Waals surface area contributed by atoms with Gasteiger partial charge in [0.25, 0.3) is 0 Å². The van der Waals surface area contributed by atoms with Crippen LogP contribution in [-0.4, -0.2) is 10.2 Å². The Hall–Kier alpha value is -0.880. The molecule has 0 aliphatic heterocycles. The van der Waals surface area contributed by atoms with Crippen LogP contribution in [-0.2, 0) is 0 Å². The van der Waals surface area contributed by atoms with Gasteiger partial charge in [-0.3, -0.25) is 0 Å². The summed E-state index contributed by atoms with van der Waals surface area (Å²) in [6, 6.07) is 3.89. The summed E-state index contributed by atoms with van der Waals surface area (Å²) >= 11 is 4.71. The lowest BCUT2D eigenvalue weighted by Crippen LogP contribution is -2.04. The second-order valence-electron chi connectivity index (χ2n) is 2.74. The Morgan fingerprint density at radius 1 is 1.57 bits per heavy atom. The van der Waals surface area contributed by atoms with Crippen LogP contribution in [0.4, 0.5) is 5.13 Å². The lowest BCUT2D eigenvalue weighted by Gasteiger charge is -2.08. The standard InChI is InChI=1S/C8H8BrN3OS/c1-5(6-3-2-4-13-6)10-8-12-11-7(9)14-8/h2-5H,1H3,(H,10,12). The Kier molecular flexibility index (Phi) is 2.83. The topological polar surface area (TPSA) is 51.0 Å². The van der Waals surface area contributed by atoms with E-state index in [9.17, 15) is 0 Å². The normalized spacial score (nSPS) is 12.7. The molecule has 1 atom stereocenters. The van der Waals surface area contributed by atoms with Gasteiger partial charge >= 0.3 is 0 Å². The maximum absolute atomic E-state index is 5.26. The molecule has 0 aliphatic rings. The van der Waals surface area contributed by atoms with Crippen molar-refractivity contribution >= 4 is 32.4 Å². The van der Waals surface area contributed by atoms with Crippen molar-refractivity contribution in [3.8, 4) is 0 Å². The van der Waals surface area contributed by atoms with Gasteiger partial charge in [-0.15, -0.1) is 10.2 Å². The summed E-state index contributed by atoms with van der Waals surface area (Å²) < 4.78 is 6.03. The van der Waals surface area contributed by atoms with Crippen LogP contribution in [0.25, 0.3) is 0 Å². The Balaban J connectivity index is 2.05. The van der Waals surface area contributed by atoms with Gasteiger partial charge in [0.2, 0.25) is 5.13 Å². The van der Waals surface area contributed by atoms with Gasteiger partial charge < -0.3 is 9.73 Å². The van der Waals surface area contributed by atoms with E-state index in [-0.39, 0.29) is 6.04 Å². The highest BCUT2D eigenvalue weighted by atomic mass is 79.9. The molecular formula is C8H8BrN3OS. The summed E-state index contributed by atoms with van der Waals surface area (Å²) in [6.07, 6.45) is 1.66. The fraction of sp³-hybridized carbons (Fsp3) is 0.250. The number of hydrogen-bond acceptors (Lipinski definition) is 5. The minimum Gasteiger partial charge on any atom is -0.467 e. The number of hydrogen-bond donors (Lipinski definition) is 1. The van der Waals surface area contributed by atoms with Crippen molar-refractivity contribution in [3.63, 3.8) is 0 Å². The Bertz CT molecular complexity index is 400. The van der Waals surface area contributed by atoms with Gasteiger partial charge in [0.05, 0.1) is 12.3 Å². The minimum atomic E-state index is 0.102. The SMILES string of the molecule is CC(Nc1nnc(Br)s1)c1ccco1. The minimum absolute atomic E-state index is 0.102. The molecule has 0 saturated heterocycles. The second kappa shape index (κ2) is 4.10. The van der Waals surface area contributed by atoms with E-state index in [0.29, 0.717) is 0 Å². The van der Waals surface area contributed by atoms with E-state index in [1.165, 1.54) is 11.3 Å². The highest BCUT2D eigenvalue weighted by Gasteiger charge is 2.10. The van der Waals surface area contributed by atoms with Crippen molar-refractivity contribution in [2.24, 2.45) is 0 Å². The van der Waals surface area contributed by atoms with Crippen molar-refractivity contribution in [3.05, 3.63) is 28.1 Å². The molecule has 0 radical (unpaired) electrons. The highest BCUT2D eigenvalue weighted by Crippen LogP contribution is 2.24. The molecule has 2 aromatic rings. The van der Waals surface area contributed by atoms with Gasteiger partial charge in [0.15, 0.2) is 3.92 Å². The molecule has 2 heterocycles. The van der Waals surface area contributed by atoms with Crippen molar-refractivity contribution in [1.82, 2.24) is 10.2 Å². The average Bonchev–Trinajstić information content (AvgIpc) is 2.75. The molecule has 0 bridgehead atoms. The van der Waals surface area contributed by atoms with Crippen molar-refractivity contribution in [2.45, 2.75) is 13.0 Å². The third-order valence-electron chi connectivity index (χ3n) is 1.71. The van der Waals surface area contributed by atoms with Gasteiger partial charge in [-0.1, -0.05) is 11.3 Å². The third-order valence-corrected chi connectivity index (χ3v) is 3.00. The molecule has 0 aromatic carbocycles. The van der Waals surface area contributed by atoms with Crippen LogP contribution in [0.3, 0.4) is 0 Å². The van der Waals surface area contributed by atoms with Crippen LogP contribution in [0.1, 0.15) is 18.7 Å². The summed E-state index contributed by atoms with van der Waals surface area (Å²) in [4.78, 5) is 0. The number of furan rings is 1. The lowest BCUT2D eigenvalue weighted by molar-refractivity contribution is 0.490. The van der Waals surface area contributed by atoms with E-state index in [0.717, 1.165) is 14.8 Å². The van der Waals surface area contributed by atoms with E-state index < -0.39 is 0 Å². The van der Waals surface area contributed by atoms with E-state index in [1.54, 1.807) is 6.26 Å². The fourth-order valence-corrected chi connectivity index (χ4v) is 2.16. The van der Waals surface area contributed by atoms with E-state index in [2.05, 4.69) is 31.4 Å².